The second kappa shape index (κ2) is 4.48. The molecular weight excluding hydrogens is 253 g/mol. The van der Waals surface area contributed by atoms with E-state index in [1.807, 2.05) is 13.0 Å². The molecule has 0 N–H and O–H groups in total. The Morgan fingerprint density at radius 1 is 1.80 bits per heavy atom. The molecule has 5 heavy (non-hydrogen) atoms. The van der Waals surface area contributed by atoms with Crippen LogP contribution in [0.2, 0.25) is 0 Å². The normalized spacial score (nSPS) is 9.40. The fraction of sp³-hybridized carbons (Fsp3) is 0.333. The summed E-state index contributed by atoms with van der Waals surface area (Å²) in [6.45, 7) is 1.94. The third kappa shape index (κ3) is 4.48. The molecule has 0 heterocycles. The van der Waals surface area contributed by atoms with Crippen LogP contribution in [0.15, 0.2) is 12.3 Å². The van der Waals surface area contributed by atoms with Crippen molar-refractivity contribution in [2.75, 3.05) is 0 Å². The standard InChI is InChI=1S/C3H6O.Hg/c1-2-3-4;/h2-4H,1H3;/q;+1/p-1. The first-order valence-electron chi connectivity index (χ1n) is 1.44. The average molecular weight is 258 g/mol. The van der Waals surface area contributed by atoms with Gasteiger partial charge in [-0.25, -0.2) is 0 Å². The first-order chi connectivity index (χ1) is 2.41. The van der Waals surface area contributed by atoms with E-state index in [4.69, 9.17) is 2.64 Å². The van der Waals surface area contributed by atoms with Crippen LogP contribution in [0, 0.1) is 0 Å². The van der Waals surface area contributed by atoms with Gasteiger partial charge in [0.05, 0.1) is 0 Å². The van der Waals surface area contributed by atoms with Crippen molar-refractivity contribution in [2.45, 2.75) is 6.92 Å². The van der Waals surface area contributed by atoms with Gasteiger partial charge >= 0.3 is 48.5 Å². The van der Waals surface area contributed by atoms with Crippen molar-refractivity contribution in [3.63, 3.8) is 0 Å². The summed E-state index contributed by atoms with van der Waals surface area (Å²) >= 11 is 0.487. The predicted octanol–water partition coefficient (Wildman–Crippen LogP) is 0.998. The van der Waals surface area contributed by atoms with E-state index in [0.29, 0.717) is 26.6 Å². The molecule has 1 nitrogen and oxygen atoms in total. The summed E-state index contributed by atoms with van der Waals surface area (Å²) < 4.78 is 4.70. The summed E-state index contributed by atoms with van der Waals surface area (Å²) in [6.07, 6.45) is 3.59. The van der Waals surface area contributed by atoms with Crippen LogP contribution < -0.4 is 0 Å². The van der Waals surface area contributed by atoms with Gasteiger partial charge in [0.1, 0.15) is 0 Å². The van der Waals surface area contributed by atoms with Crippen LogP contribution in [0.25, 0.3) is 0 Å². The summed E-state index contributed by atoms with van der Waals surface area (Å²) in [4.78, 5) is 0. The van der Waals surface area contributed by atoms with Crippen molar-refractivity contribution in [3.8, 4) is 0 Å². The Labute approximate surface area is 48.7 Å². The van der Waals surface area contributed by atoms with Crippen LogP contribution >= 0.6 is 0 Å². The van der Waals surface area contributed by atoms with Gasteiger partial charge in [0.2, 0.25) is 0 Å². The Balaban J connectivity index is 2.62. The van der Waals surface area contributed by atoms with Crippen molar-refractivity contribution in [2.24, 2.45) is 0 Å². The number of hydrogen-bond donors (Lipinski definition) is 0. The second-order valence-electron chi connectivity index (χ2n) is 0.636. The molecule has 0 unspecified atom stereocenters. The molecule has 0 amide bonds. The molecule has 0 radical (unpaired) electrons. The van der Waals surface area contributed by atoms with E-state index in [1.165, 1.54) is 0 Å². The molecule has 0 saturated carbocycles. The molecule has 25 valence electrons. The van der Waals surface area contributed by atoms with Gasteiger partial charge in [0, 0.05) is 0 Å². The van der Waals surface area contributed by atoms with E-state index >= 15 is 0 Å². The fourth-order valence-corrected chi connectivity index (χ4v) is 0.844. The predicted molar refractivity (Wildman–Crippen MR) is 15.9 cm³/mol. The van der Waals surface area contributed by atoms with E-state index in [9.17, 15) is 0 Å². The number of allylic oxidation sites excluding steroid dienone is 1. The molecule has 0 aromatic heterocycles. The van der Waals surface area contributed by atoms with Crippen LogP contribution in [-0.2, 0) is 29.2 Å². The summed E-state index contributed by atoms with van der Waals surface area (Å²) in [5.41, 5.74) is 0. The molecule has 0 rings (SSSR count). The van der Waals surface area contributed by atoms with Crippen LogP contribution in [0.5, 0.6) is 0 Å². The Kier molecular flexibility index (Phi) is 4.90. The van der Waals surface area contributed by atoms with Crippen molar-refractivity contribution < 1.29 is 29.2 Å². The van der Waals surface area contributed by atoms with Gasteiger partial charge in [-0.05, 0) is 0 Å². The second-order valence-corrected chi connectivity index (χ2v) is 1.93. The topological polar surface area (TPSA) is 9.23 Å². The van der Waals surface area contributed by atoms with Gasteiger partial charge in [-0.3, -0.25) is 0 Å². The first kappa shape index (κ1) is 5.48. The molecule has 0 fully saturated rings. The Hall–Kier alpha value is 0.475. The van der Waals surface area contributed by atoms with E-state index in [0.717, 1.165) is 0 Å². The van der Waals surface area contributed by atoms with Crippen molar-refractivity contribution >= 4 is 0 Å². The molecule has 0 saturated heterocycles. The third-order valence-electron chi connectivity index (χ3n) is 0.232. The van der Waals surface area contributed by atoms with E-state index < -0.39 is 0 Å². The SMILES string of the molecule is CC=C[O][Hg]. The fourth-order valence-electron chi connectivity index (χ4n) is 0.0962. The summed E-state index contributed by atoms with van der Waals surface area (Å²) in [6, 6.07) is 0. The molecule has 0 aliphatic rings. The Morgan fingerprint density at radius 3 is 2.40 bits per heavy atom. The minimum atomic E-state index is 0.487. The third-order valence-corrected chi connectivity index (χ3v) is 0.980. The van der Waals surface area contributed by atoms with E-state index in [-0.39, 0.29) is 0 Å². The molecule has 0 bridgehead atoms. The minimum absolute atomic E-state index is 0.487. The molecule has 0 atom stereocenters. The molecule has 0 aliphatic heterocycles. The molecule has 0 spiro atoms. The molecule has 0 aromatic carbocycles. The van der Waals surface area contributed by atoms with E-state index in [2.05, 4.69) is 0 Å². The van der Waals surface area contributed by atoms with Crippen LogP contribution in [0.1, 0.15) is 6.92 Å². The van der Waals surface area contributed by atoms with Crippen LogP contribution in [0.4, 0.5) is 0 Å². The Morgan fingerprint density at radius 2 is 2.40 bits per heavy atom. The van der Waals surface area contributed by atoms with Gasteiger partial charge in [-0.1, -0.05) is 0 Å². The van der Waals surface area contributed by atoms with Crippen molar-refractivity contribution in [1.82, 2.24) is 0 Å². The number of hydrogen-bond acceptors (Lipinski definition) is 1. The van der Waals surface area contributed by atoms with Gasteiger partial charge in [-0.15, -0.1) is 0 Å². The molecule has 2 heteroatoms. The van der Waals surface area contributed by atoms with Gasteiger partial charge in [0.15, 0.2) is 0 Å². The monoisotopic (exact) mass is 259 g/mol. The first-order valence-corrected chi connectivity index (χ1v) is 3.68. The summed E-state index contributed by atoms with van der Waals surface area (Å²) in [5, 5.41) is 0. The average Bonchev–Trinajstić information content (AvgIpc) is 1.41. The number of rotatable bonds is 1. The quantitative estimate of drug-likeness (QED) is 0.503. The van der Waals surface area contributed by atoms with Crippen LogP contribution in [-0.4, -0.2) is 0 Å². The zero-order valence-corrected chi connectivity index (χ0v) is 8.77. The molecular formula is C3H5HgO. The summed E-state index contributed by atoms with van der Waals surface area (Å²) in [7, 11) is 0. The zero-order chi connectivity index (χ0) is 4.12. The Bertz CT molecular complexity index is 33.9. The van der Waals surface area contributed by atoms with Crippen LogP contribution in [0.3, 0.4) is 0 Å². The van der Waals surface area contributed by atoms with Gasteiger partial charge in [-0.2, -0.15) is 0 Å². The van der Waals surface area contributed by atoms with E-state index in [1.54, 1.807) is 6.26 Å². The summed E-state index contributed by atoms with van der Waals surface area (Å²) in [5.74, 6) is 0. The molecule has 0 aromatic rings. The van der Waals surface area contributed by atoms with Crippen molar-refractivity contribution in [1.29, 1.82) is 0 Å². The van der Waals surface area contributed by atoms with Crippen molar-refractivity contribution in [3.05, 3.63) is 12.3 Å². The maximum atomic E-state index is 4.70. The van der Waals surface area contributed by atoms with Gasteiger partial charge in [0.25, 0.3) is 0 Å². The zero-order valence-electron chi connectivity index (χ0n) is 3.27. The molecule has 0 aliphatic carbocycles. The maximum absolute atomic E-state index is 4.70. The van der Waals surface area contributed by atoms with Gasteiger partial charge < -0.3 is 0 Å².